The van der Waals surface area contributed by atoms with E-state index in [1.165, 1.54) is 4.90 Å². The lowest BCUT2D eigenvalue weighted by Gasteiger charge is -2.34. The van der Waals surface area contributed by atoms with Gasteiger partial charge in [0.25, 0.3) is 0 Å². The average Bonchev–Trinajstić information content (AvgIpc) is 2.83. The standard InChI is InChI=1S/C12H17N5O4/c1-7-8(6-15-16-7)5-14-12(21)17-3-2-13-11(20)9(17)4-10(18)19/h6,9H,2-5H2,1H3,(H,13,20)(H,14,21)(H,15,16)(H,18,19). The van der Waals surface area contributed by atoms with Crippen molar-refractivity contribution in [3.8, 4) is 0 Å². The molecule has 0 aromatic carbocycles. The van der Waals surface area contributed by atoms with Gasteiger partial charge in [-0.1, -0.05) is 0 Å². The first-order chi connectivity index (χ1) is 9.99. The van der Waals surface area contributed by atoms with E-state index < -0.39 is 30.4 Å². The van der Waals surface area contributed by atoms with Crippen LogP contribution < -0.4 is 10.6 Å². The zero-order chi connectivity index (χ0) is 15.4. The molecule has 1 aromatic rings. The van der Waals surface area contributed by atoms with E-state index in [1.807, 2.05) is 6.92 Å². The Labute approximate surface area is 120 Å². The van der Waals surface area contributed by atoms with Crippen molar-refractivity contribution in [2.75, 3.05) is 13.1 Å². The molecule has 1 aliphatic rings. The van der Waals surface area contributed by atoms with Gasteiger partial charge in [-0.2, -0.15) is 5.10 Å². The molecule has 2 heterocycles. The second kappa shape index (κ2) is 6.25. The fourth-order valence-corrected chi connectivity index (χ4v) is 2.15. The van der Waals surface area contributed by atoms with Gasteiger partial charge < -0.3 is 20.6 Å². The van der Waals surface area contributed by atoms with Crippen LogP contribution in [-0.4, -0.2) is 57.2 Å². The molecule has 3 amide bonds. The number of amides is 3. The molecule has 9 heteroatoms. The zero-order valence-corrected chi connectivity index (χ0v) is 11.5. The number of carbonyl (C=O) groups is 3. The Morgan fingerprint density at radius 1 is 1.57 bits per heavy atom. The highest BCUT2D eigenvalue weighted by Gasteiger charge is 2.34. The largest absolute Gasteiger partial charge is 0.481 e. The summed E-state index contributed by atoms with van der Waals surface area (Å²) in [5.74, 6) is -1.57. The van der Waals surface area contributed by atoms with Crippen molar-refractivity contribution in [3.63, 3.8) is 0 Å². The highest BCUT2D eigenvalue weighted by atomic mass is 16.4. The molecule has 0 aliphatic carbocycles. The monoisotopic (exact) mass is 295 g/mol. The van der Waals surface area contributed by atoms with Crippen LogP contribution in [0.15, 0.2) is 6.20 Å². The molecule has 9 nitrogen and oxygen atoms in total. The van der Waals surface area contributed by atoms with Gasteiger partial charge in [-0.05, 0) is 6.92 Å². The maximum atomic E-state index is 12.2. The molecular formula is C12H17N5O4. The third-order valence-electron chi connectivity index (χ3n) is 3.32. The Morgan fingerprint density at radius 2 is 2.33 bits per heavy atom. The lowest BCUT2D eigenvalue weighted by atomic mass is 10.1. The molecule has 1 aromatic heterocycles. The first-order valence-electron chi connectivity index (χ1n) is 6.52. The van der Waals surface area contributed by atoms with E-state index in [1.54, 1.807) is 6.20 Å². The predicted molar refractivity (Wildman–Crippen MR) is 71.3 cm³/mol. The molecule has 0 radical (unpaired) electrons. The number of piperazine rings is 1. The molecule has 1 saturated heterocycles. The Balaban J connectivity index is 2.00. The molecular weight excluding hydrogens is 278 g/mol. The lowest BCUT2D eigenvalue weighted by Crippen LogP contribution is -2.59. The molecule has 2 rings (SSSR count). The first-order valence-corrected chi connectivity index (χ1v) is 6.52. The molecule has 1 fully saturated rings. The van der Waals surface area contributed by atoms with Crippen molar-refractivity contribution in [2.24, 2.45) is 0 Å². The molecule has 4 N–H and O–H groups in total. The van der Waals surface area contributed by atoms with Crippen molar-refractivity contribution in [3.05, 3.63) is 17.5 Å². The van der Waals surface area contributed by atoms with E-state index in [0.29, 0.717) is 6.54 Å². The Hall–Kier alpha value is -2.58. The number of nitrogens with one attached hydrogen (secondary N) is 3. The molecule has 21 heavy (non-hydrogen) atoms. The molecule has 0 saturated carbocycles. The van der Waals surface area contributed by atoms with Gasteiger partial charge in [0, 0.05) is 30.9 Å². The number of aromatic nitrogens is 2. The van der Waals surface area contributed by atoms with Gasteiger partial charge >= 0.3 is 12.0 Å². The number of carboxylic acids is 1. The van der Waals surface area contributed by atoms with E-state index in [-0.39, 0.29) is 13.1 Å². The Bertz CT molecular complexity index is 556. The van der Waals surface area contributed by atoms with Gasteiger partial charge in [0.1, 0.15) is 6.04 Å². The SMILES string of the molecule is Cc1[nH]ncc1CNC(=O)N1CCNC(=O)C1CC(=O)O. The highest BCUT2D eigenvalue weighted by Crippen LogP contribution is 2.10. The number of carboxylic acid groups (broad SMARTS) is 1. The van der Waals surface area contributed by atoms with Crippen LogP contribution in [0.2, 0.25) is 0 Å². The number of urea groups is 1. The summed E-state index contributed by atoms with van der Waals surface area (Å²) in [5, 5.41) is 20.7. The van der Waals surface area contributed by atoms with Crippen molar-refractivity contribution < 1.29 is 19.5 Å². The second-order valence-electron chi connectivity index (χ2n) is 4.78. The van der Waals surface area contributed by atoms with Crippen molar-refractivity contribution in [1.82, 2.24) is 25.7 Å². The minimum Gasteiger partial charge on any atom is -0.481 e. The van der Waals surface area contributed by atoms with Crippen molar-refractivity contribution in [1.29, 1.82) is 0 Å². The highest BCUT2D eigenvalue weighted by molar-refractivity contribution is 5.91. The third kappa shape index (κ3) is 3.50. The van der Waals surface area contributed by atoms with Crippen LogP contribution in [0.1, 0.15) is 17.7 Å². The van der Waals surface area contributed by atoms with Crippen LogP contribution in [0.25, 0.3) is 0 Å². The van der Waals surface area contributed by atoms with Crippen LogP contribution in [0, 0.1) is 6.92 Å². The van der Waals surface area contributed by atoms with Crippen LogP contribution in [0.5, 0.6) is 0 Å². The van der Waals surface area contributed by atoms with Gasteiger partial charge in [0.05, 0.1) is 12.6 Å². The summed E-state index contributed by atoms with van der Waals surface area (Å²) in [6.45, 7) is 2.68. The van der Waals surface area contributed by atoms with E-state index >= 15 is 0 Å². The minimum absolute atomic E-state index is 0.263. The number of hydrogen-bond acceptors (Lipinski definition) is 4. The maximum absolute atomic E-state index is 12.2. The van der Waals surface area contributed by atoms with Crippen molar-refractivity contribution >= 4 is 17.9 Å². The maximum Gasteiger partial charge on any atom is 0.318 e. The normalized spacial score (nSPS) is 18.2. The number of H-pyrrole nitrogens is 1. The smallest absolute Gasteiger partial charge is 0.318 e. The van der Waals surface area contributed by atoms with Gasteiger partial charge in [0.15, 0.2) is 0 Å². The molecule has 1 aliphatic heterocycles. The van der Waals surface area contributed by atoms with E-state index in [0.717, 1.165) is 11.3 Å². The number of rotatable bonds is 4. The fourth-order valence-electron chi connectivity index (χ4n) is 2.15. The molecule has 1 atom stereocenters. The van der Waals surface area contributed by atoms with Crippen LogP contribution in [-0.2, 0) is 16.1 Å². The number of aromatic amines is 1. The third-order valence-corrected chi connectivity index (χ3v) is 3.32. The van der Waals surface area contributed by atoms with Crippen LogP contribution in [0.4, 0.5) is 4.79 Å². The molecule has 0 spiro atoms. The summed E-state index contributed by atoms with van der Waals surface area (Å²) in [6.07, 6.45) is 1.19. The summed E-state index contributed by atoms with van der Waals surface area (Å²) in [6, 6.07) is -1.45. The summed E-state index contributed by atoms with van der Waals surface area (Å²) >= 11 is 0. The van der Waals surface area contributed by atoms with Crippen molar-refractivity contribution in [2.45, 2.75) is 25.9 Å². The van der Waals surface area contributed by atoms with E-state index in [9.17, 15) is 14.4 Å². The molecule has 0 bridgehead atoms. The summed E-state index contributed by atoms with van der Waals surface area (Å²) in [5.41, 5.74) is 1.67. The van der Waals surface area contributed by atoms with Gasteiger partial charge in [-0.15, -0.1) is 0 Å². The first kappa shape index (κ1) is 14.8. The molecule has 1 unspecified atom stereocenters. The fraction of sp³-hybridized carbons (Fsp3) is 0.500. The van der Waals surface area contributed by atoms with Crippen LogP contribution in [0.3, 0.4) is 0 Å². The van der Waals surface area contributed by atoms with Crippen LogP contribution >= 0.6 is 0 Å². The number of nitrogens with zero attached hydrogens (tertiary/aromatic N) is 2. The number of hydrogen-bond donors (Lipinski definition) is 4. The number of aryl methyl sites for hydroxylation is 1. The Kier molecular flexibility index (Phi) is 4.41. The quantitative estimate of drug-likeness (QED) is 0.578. The van der Waals surface area contributed by atoms with E-state index in [4.69, 9.17) is 5.11 Å². The topological polar surface area (TPSA) is 127 Å². The number of aliphatic carboxylic acids is 1. The average molecular weight is 295 g/mol. The molecule has 114 valence electrons. The van der Waals surface area contributed by atoms with Gasteiger partial charge in [-0.3, -0.25) is 14.7 Å². The van der Waals surface area contributed by atoms with Gasteiger partial charge in [-0.25, -0.2) is 4.79 Å². The Morgan fingerprint density at radius 3 is 2.95 bits per heavy atom. The number of carbonyl (C=O) groups excluding carboxylic acids is 2. The lowest BCUT2D eigenvalue weighted by molar-refractivity contribution is -0.142. The second-order valence-corrected chi connectivity index (χ2v) is 4.78. The summed E-state index contributed by atoms with van der Waals surface area (Å²) in [7, 11) is 0. The zero-order valence-electron chi connectivity index (χ0n) is 11.5. The van der Waals surface area contributed by atoms with E-state index in [2.05, 4.69) is 20.8 Å². The predicted octanol–water partition coefficient (Wildman–Crippen LogP) is -0.797. The summed E-state index contributed by atoms with van der Waals surface area (Å²) in [4.78, 5) is 35.9. The summed E-state index contributed by atoms with van der Waals surface area (Å²) < 4.78 is 0. The van der Waals surface area contributed by atoms with Gasteiger partial charge in [0.2, 0.25) is 5.91 Å². The minimum atomic E-state index is -1.12.